The van der Waals surface area contributed by atoms with E-state index in [0.29, 0.717) is 18.8 Å². The van der Waals surface area contributed by atoms with Crippen LogP contribution in [0.2, 0.25) is 0 Å². The average molecular weight is 252 g/mol. The van der Waals surface area contributed by atoms with Gasteiger partial charge in [0, 0.05) is 0 Å². The minimum atomic E-state index is -4.62. The molecule has 1 unspecified atom stereocenters. The van der Waals surface area contributed by atoms with E-state index >= 15 is 0 Å². The summed E-state index contributed by atoms with van der Waals surface area (Å²) in [6.07, 6.45) is 2.11. The molecule has 6 nitrogen and oxygen atoms in total. The smallest absolute Gasteiger partial charge is 0.365 e. The fourth-order valence-electron chi connectivity index (χ4n) is 1.83. The van der Waals surface area contributed by atoms with Gasteiger partial charge in [-0.25, -0.2) is 4.79 Å². The minimum Gasteiger partial charge on any atom is -0.467 e. The molecule has 0 saturated heterocycles. The fraction of sp³-hybridized carbons (Fsp3) is 0.889. The van der Waals surface area contributed by atoms with E-state index in [1.54, 1.807) is 0 Å². The van der Waals surface area contributed by atoms with Crippen LogP contribution in [0.4, 0.5) is 0 Å². The first-order chi connectivity index (χ1) is 7.34. The van der Waals surface area contributed by atoms with E-state index in [2.05, 4.69) is 4.74 Å². The average Bonchev–Trinajstić information content (AvgIpc) is 2.57. The highest BCUT2D eigenvalue weighted by Crippen LogP contribution is 2.44. The zero-order chi connectivity index (χ0) is 12.3. The molecule has 1 fully saturated rings. The molecule has 0 aliphatic heterocycles. The monoisotopic (exact) mass is 252 g/mol. The van der Waals surface area contributed by atoms with Gasteiger partial charge in [0.05, 0.1) is 13.2 Å². The normalized spacial score (nSPS) is 27.8. The van der Waals surface area contributed by atoms with Crippen LogP contribution in [0, 0.1) is 5.92 Å². The molecule has 1 rings (SSSR count). The van der Waals surface area contributed by atoms with Crippen molar-refractivity contribution in [3.8, 4) is 0 Å². The number of carbonyl (C=O) groups excluding carboxylic acids is 1. The lowest BCUT2D eigenvalue weighted by Gasteiger charge is -2.20. The Labute approximate surface area is 94.1 Å². The molecule has 0 aromatic rings. The van der Waals surface area contributed by atoms with Crippen LogP contribution >= 0.6 is 7.60 Å². The molecule has 0 bridgehead atoms. The van der Waals surface area contributed by atoms with Gasteiger partial charge in [0.25, 0.3) is 5.85 Å². The van der Waals surface area contributed by atoms with Crippen LogP contribution in [-0.2, 0) is 18.8 Å². The van der Waals surface area contributed by atoms with Crippen LogP contribution in [0.15, 0.2) is 0 Å². The van der Waals surface area contributed by atoms with E-state index in [1.165, 1.54) is 0 Å². The second-order valence-corrected chi connectivity index (χ2v) is 5.79. The van der Waals surface area contributed by atoms with E-state index in [4.69, 9.17) is 14.5 Å². The van der Waals surface area contributed by atoms with Gasteiger partial charge in [0.2, 0.25) is 0 Å². The summed E-state index contributed by atoms with van der Waals surface area (Å²) >= 11 is 0. The van der Waals surface area contributed by atoms with Crippen molar-refractivity contribution in [3.05, 3.63) is 0 Å². The summed E-state index contributed by atoms with van der Waals surface area (Å²) in [5, 5.41) is 0. The van der Waals surface area contributed by atoms with Gasteiger partial charge in [0.15, 0.2) is 0 Å². The number of carbonyl (C=O) groups is 1. The van der Waals surface area contributed by atoms with Crippen molar-refractivity contribution in [2.24, 2.45) is 5.92 Å². The Kier molecular flexibility index (Phi) is 4.50. The Balaban J connectivity index is 2.64. The standard InChI is InChI=1S/C9H17O6P/c1-6-3-4-7(5-6)15-9(8(10)14-2)16(11,12)13/h6-7,9H,3-5H2,1-2H3,(H2,11,12,13)/t6-,7+,9?/m0/s1. The first-order valence-electron chi connectivity index (χ1n) is 5.13. The molecule has 0 heterocycles. The molecular weight excluding hydrogens is 235 g/mol. The first-order valence-corrected chi connectivity index (χ1v) is 6.81. The highest BCUT2D eigenvalue weighted by Gasteiger charge is 2.40. The highest BCUT2D eigenvalue weighted by molar-refractivity contribution is 7.53. The zero-order valence-electron chi connectivity index (χ0n) is 9.33. The number of rotatable bonds is 4. The van der Waals surface area contributed by atoms with Crippen LogP contribution < -0.4 is 0 Å². The van der Waals surface area contributed by atoms with Gasteiger partial charge in [-0.15, -0.1) is 0 Å². The first kappa shape index (κ1) is 13.6. The van der Waals surface area contributed by atoms with Gasteiger partial charge < -0.3 is 19.3 Å². The molecule has 94 valence electrons. The maximum absolute atomic E-state index is 11.2. The molecule has 1 saturated carbocycles. The van der Waals surface area contributed by atoms with Crippen molar-refractivity contribution in [3.63, 3.8) is 0 Å². The summed E-state index contributed by atoms with van der Waals surface area (Å²) in [6, 6.07) is 0. The van der Waals surface area contributed by atoms with Gasteiger partial charge in [0.1, 0.15) is 0 Å². The second kappa shape index (κ2) is 5.27. The third-order valence-corrected chi connectivity index (χ3v) is 3.62. The van der Waals surface area contributed by atoms with Gasteiger partial charge in [-0.2, -0.15) is 0 Å². The van der Waals surface area contributed by atoms with Crippen molar-refractivity contribution in [1.29, 1.82) is 0 Å². The fourth-order valence-corrected chi connectivity index (χ4v) is 2.54. The van der Waals surface area contributed by atoms with E-state index in [-0.39, 0.29) is 6.10 Å². The van der Waals surface area contributed by atoms with Gasteiger partial charge in [-0.05, 0) is 25.2 Å². The summed E-state index contributed by atoms with van der Waals surface area (Å²) in [5.41, 5.74) is 0. The third kappa shape index (κ3) is 3.56. The summed E-state index contributed by atoms with van der Waals surface area (Å²) in [6.45, 7) is 2.04. The van der Waals surface area contributed by atoms with Crippen molar-refractivity contribution in [2.45, 2.75) is 38.1 Å². The van der Waals surface area contributed by atoms with E-state index in [1.807, 2.05) is 6.92 Å². The lowest BCUT2D eigenvalue weighted by atomic mass is 10.1. The Bertz CT molecular complexity index is 298. The number of hydrogen-bond acceptors (Lipinski definition) is 4. The second-order valence-electron chi connectivity index (χ2n) is 4.14. The molecule has 0 amide bonds. The van der Waals surface area contributed by atoms with Crippen LogP contribution in [0.5, 0.6) is 0 Å². The molecule has 1 aliphatic carbocycles. The van der Waals surface area contributed by atoms with Gasteiger partial charge >= 0.3 is 13.6 Å². The van der Waals surface area contributed by atoms with Crippen LogP contribution in [-0.4, -0.2) is 34.8 Å². The van der Waals surface area contributed by atoms with Crippen molar-refractivity contribution in [2.75, 3.05) is 7.11 Å². The molecule has 0 aromatic heterocycles. The summed E-state index contributed by atoms with van der Waals surface area (Å²) in [4.78, 5) is 29.2. The lowest BCUT2D eigenvalue weighted by Crippen LogP contribution is -2.29. The van der Waals surface area contributed by atoms with Crippen molar-refractivity contribution < 1.29 is 28.6 Å². The molecule has 7 heteroatoms. The third-order valence-electron chi connectivity index (χ3n) is 2.68. The topological polar surface area (TPSA) is 93.1 Å². The highest BCUT2D eigenvalue weighted by atomic mass is 31.2. The van der Waals surface area contributed by atoms with Gasteiger partial charge in [-0.3, -0.25) is 4.57 Å². The van der Waals surface area contributed by atoms with E-state index < -0.39 is 19.4 Å². The quantitative estimate of drug-likeness (QED) is 0.569. The lowest BCUT2D eigenvalue weighted by molar-refractivity contribution is -0.152. The van der Waals surface area contributed by atoms with Crippen LogP contribution in [0.1, 0.15) is 26.2 Å². The SMILES string of the molecule is COC(=O)C(O[C@@H]1CC[C@H](C)C1)P(=O)(O)O. The van der Waals surface area contributed by atoms with E-state index in [0.717, 1.165) is 13.5 Å². The number of ether oxygens (including phenoxy) is 2. The number of hydrogen-bond donors (Lipinski definition) is 2. The molecule has 2 N–H and O–H groups in total. The number of methoxy groups -OCH3 is 1. The minimum absolute atomic E-state index is 0.272. The zero-order valence-corrected chi connectivity index (χ0v) is 10.2. The van der Waals surface area contributed by atoms with Gasteiger partial charge in [-0.1, -0.05) is 6.92 Å². The molecule has 16 heavy (non-hydrogen) atoms. The Morgan fingerprint density at radius 1 is 1.44 bits per heavy atom. The van der Waals surface area contributed by atoms with Crippen LogP contribution in [0.3, 0.4) is 0 Å². The predicted octanol–water partition coefficient (Wildman–Crippen LogP) is 0.868. The predicted molar refractivity (Wildman–Crippen MR) is 55.7 cm³/mol. The van der Waals surface area contributed by atoms with Crippen molar-refractivity contribution in [1.82, 2.24) is 0 Å². The van der Waals surface area contributed by atoms with E-state index in [9.17, 15) is 9.36 Å². The molecular formula is C9H17O6P. The van der Waals surface area contributed by atoms with Crippen LogP contribution in [0.25, 0.3) is 0 Å². The largest absolute Gasteiger partial charge is 0.467 e. The Morgan fingerprint density at radius 2 is 2.06 bits per heavy atom. The Morgan fingerprint density at radius 3 is 2.44 bits per heavy atom. The molecule has 1 aliphatic rings. The van der Waals surface area contributed by atoms with Crippen molar-refractivity contribution >= 4 is 13.6 Å². The summed E-state index contributed by atoms with van der Waals surface area (Å²) in [7, 11) is -3.54. The summed E-state index contributed by atoms with van der Waals surface area (Å²) in [5.74, 6) is -2.35. The molecule has 0 spiro atoms. The molecule has 0 radical (unpaired) electrons. The summed E-state index contributed by atoms with van der Waals surface area (Å²) < 4.78 is 20.6. The maximum Gasteiger partial charge on any atom is 0.365 e. The number of esters is 1. The molecule has 0 aromatic carbocycles. The Hall–Kier alpha value is -0.420. The maximum atomic E-state index is 11.2. The molecule has 3 atom stereocenters.